The van der Waals surface area contributed by atoms with Crippen molar-refractivity contribution in [3.63, 3.8) is 0 Å². The second-order valence-electron chi connectivity index (χ2n) is 6.74. The maximum atomic E-state index is 13.3. The van der Waals surface area contributed by atoms with E-state index in [1.54, 1.807) is 12.1 Å². The van der Waals surface area contributed by atoms with Gasteiger partial charge in [0.2, 0.25) is 0 Å². The minimum Gasteiger partial charge on any atom is -0.394 e. The summed E-state index contributed by atoms with van der Waals surface area (Å²) in [6.07, 6.45) is 0.688. The molecule has 3 N–H and O–H groups in total. The standard InChI is InChI=1S/C18H22FN3O3/c1-10(2)7-14-15-16(21-20-14)18(25)22(13(8-23)9-24)17(15)11-3-5-12(19)6-4-11/h3-6,10,13,17,23-24H,7-9H2,1-2H3,(H,20,21). The molecule has 0 bridgehead atoms. The Kier molecular flexibility index (Phi) is 4.87. The van der Waals surface area contributed by atoms with Gasteiger partial charge in [0.1, 0.15) is 11.5 Å². The van der Waals surface area contributed by atoms with Gasteiger partial charge in [0.25, 0.3) is 5.91 Å². The van der Waals surface area contributed by atoms with Gasteiger partial charge < -0.3 is 15.1 Å². The van der Waals surface area contributed by atoms with Gasteiger partial charge in [-0.1, -0.05) is 26.0 Å². The number of H-pyrrole nitrogens is 1. The lowest BCUT2D eigenvalue weighted by Crippen LogP contribution is -2.43. The second-order valence-corrected chi connectivity index (χ2v) is 6.74. The minimum atomic E-state index is -0.741. The molecule has 134 valence electrons. The van der Waals surface area contributed by atoms with E-state index < -0.39 is 12.1 Å². The quantitative estimate of drug-likeness (QED) is 0.741. The van der Waals surface area contributed by atoms with Crippen LogP contribution in [0, 0.1) is 11.7 Å². The summed E-state index contributed by atoms with van der Waals surface area (Å²) in [5.41, 5.74) is 2.62. The molecular formula is C18H22FN3O3. The van der Waals surface area contributed by atoms with Gasteiger partial charge in [0.15, 0.2) is 0 Å². The van der Waals surface area contributed by atoms with Crippen molar-refractivity contribution in [3.8, 4) is 0 Å². The van der Waals surface area contributed by atoms with Crippen LogP contribution in [-0.4, -0.2) is 50.5 Å². The van der Waals surface area contributed by atoms with Crippen LogP contribution in [0.1, 0.15) is 47.2 Å². The number of nitrogens with one attached hydrogen (secondary N) is 1. The van der Waals surface area contributed by atoms with Crippen molar-refractivity contribution >= 4 is 5.91 Å². The van der Waals surface area contributed by atoms with Gasteiger partial charge in [0.05, 0.1) is 31.0 Å². The molecule has 7 heteroatoms. The highest BCUT2D eigenvalue weighted by molar-refractivity contribution is 5.98. The SMILES string of the molecule is CC(C)Cc1n[nH]c2c1C(c1ccc(F)cc1)N(C(CO)CO)C2=O. The number of aliphatic hydroxyl groups is 2. The molecule has 25 heavy (non-hydrogen) atoms. The molecule has 1 aromatic carbocycles. The van der Waals surface area contributed by atoms with Crippen LogP contribution >= 0.6 is 0 Å². The number of hydrogen-bond donors (Lipinski definition) is 3. The van der Waals surface area contributed by atoms with E-state index in [2.05, 4.69) is 24.0 Å². The lowest BCUT2D eigenvalue weighted by molar-refractivity contribution is 0.0414. The average molecular weight is 347 g/mol. The topological polar surface area (TPSA) is 89.5 Å². The van der Waals surface area contributed by atoms with E-state index in [4.69, 9.17) is 0 Å². The Morgan fingerprint density at radius 1 is 1.24 bits per heavy atom. The summed E-state index contributed by atoms with van der Waals surface area (Å²) >= 11 is 0. The van der Waals surface area contributed by atoms with Crippen molar-refractivity contribution in [2.24, 2.45) is 5.92 Å². The van der Waals surface area contributed by atoms with Gasteiger partial charge in [0, 0.05) is 5.56 Å². The molecule has 0 spiro atoms. The average Bonchev–Trinajstić information content (AvgIpc) is 3.10. The molecule has 3 rings (SSSR count). The number of aromatic amines is 1. The normalized spacial score (nSPS) is 17.0. The van der Waals surface area contributed by atoms with Crippen LogP contribution in [0.15, 0.2) is 24.3 Å². The molecule has 2 aromatic rings. The summed E-state index contributed by atoms with van der Waals surface area (Å²) < 4.78 is 13.3. The smallest absolute Gasteiger partial charge is 0.273 e. The fourth-order valence-corrected chi connectivity index (χ4v) is 3.36. The minimum absolute atomic E-state index is 0.320. The number of halogens is 1. The third kappa shape index (κ3) is 3.05. The Hall–Kier alpha value is -2.25. The molecule has 2 heterocycles. The summed E-state index contributed by atoms with van der Waals surface area (Å²) in [6, 6.07) is 4.66. The molecule has 0 saturated heterocycles. The van der Waals surface area contributed by atoms with Crippen LogP contribution in [0.3, 0.4) is 0 Å². The van der Waals surface area contributed by atoms with Gasteiger partial charge in [-0.2, -0.15) is 5.10 Å². The van der Waals surface area contributed by atoms with Crippen LogP contribution in [0.2, 0.25) is 0 Å². The Bertz CT molecular complexity index is 753. The number of fused-ring (bicyclic) bond motifs is 1. The maximum absolute atomic E-state index is 13.3. The molecule has 1 amide bonds. The molecule has 1 unspecified atom stereocenters. The highest BCUT2D eigenvalue weighted by atomic mass is 19.1. The van der Waals surface area contributed by atoms with E-state index in [1.807, 2.05) is 0 Å². The first-order valence-corrected chi connectivity index (χ1v) is 8.34. The molecule has 1 aliphatic heterocycles. The number of nitrogens with zero attached hydrogens (tertiary/aromatic N) is 2. The Labute approximate surface area is 145 Å². The highest BCUT2D eigenvalue weighted by Gasteiger charge is 2.44. The zero-order chi connectivity index (χ0) is 18.1. The van der Waals surface area contributed by atoms with E-state index in [0.29, 0.717) is 23.6 Å². The highest BCUT2D eigenvalue weighted by Crippen LogP contribution is 2.41. The van der Waals surface area contributed by atoms with Crippen LogP contribution in [-0.2, 0) is 6.42 Å². The third-order valence-electron chi connectivity index (χ3n) is 4.49. The number of amides is 1. The van der Waals surface area contributed by atoms with E-state index in [0.717, 1.165) is 11.3 Å². The lowest BCUT2D eigenvalue weighted by atomic mass is 9.95. The van der Waals surface area contributed by atoms with Crippen molar-refractivity contribution in [3.05, 3.63) is 52.6 Å². The predicted molar refractivity (Wildman–Crippen MR) is 89.5 cm³/mol. The summed E-state index contributed by atoms with van der Waals surface area (Å²) in [5.74, 6) is -0.341. The predicted octanol–water partition coefficient (Wildman–Crippen LogP) is 1.65. The van der Waals surface area contributed by atoms with Crippen molar-refractivity contribution < 1.29 is 19.4 Å². The monoisotopic (exact) mass is 347 g/mol. The summed E-state index contributed by atoms with van der Waals surface area (Å²) in [4.78, 5) is 14.3. The van der Waals surface area contributed by atoms with Gasteiger partial charge in [-0.3, -0.25) is 9.89 Å². The molecule has 1 aromatic heterocycles. The first kappa shape index (κ1) is 17.6. The Morgan fingerprint density at radius 2 is 1.88 bits per heavy atom. The van der Waals surface area contributed by atoms with Crippen LogP contribution in [0.25, 0.3) is 0 Å². The van der Waals surface area contributed by atoms with Crippen LogP contribution in [0.5, 0.6) is 0 Å². The summed E-state index contributed by atoms with van der Waals surface area (Å²) in [6.45, 7) is 3.40. The van der Waals surface area contributed by atoms with Crippen molar-refractivity contribution in [1.82, 2.24) is 15.1 Å². The lowest BCUT2D eigenvalue weighted by Gasteiger charge is -2.32. The van der Waals surface area contributed by atoms with Gasteiger partial charge >= 0.3 is 0 Å². The molecular weight excluding hydrogens is 325 g/mol. The molecule has 0 fully saturated rings. The number of rotatable bonds is 6. The van der Waals surface area contributed by atoms with Gasteiger partial charge in [-0.05, 0) is 30.0 Å². The van der Waals surface area contributed by atoms with Crippen molar-refractivity contribution in [1.29, 1.82) is 0 Å². The fourth-order valence-electron chi connectivity index (χ4n) is 3.36. The molecule has 1 aliphatic rings. The summed E-state index contributed by atoms with van der Waals surface area (Å²) in [7, 11) is 0. The molecule has 6 nitrogen and oxygen atoms in total. The molecule has 0 saturated carbocycles. The van der Waals surface area contributed by atoms with Crippen molar-refractivity contribution in [2.75, 3.05) is 13.2 Å². The third-order valence-corrected chi connectivity index (χ3v) is 4.49. The fraction of sp³-hybridized carbons (Fsp3) is 0.444. The zero-order valence-electron chi connectivity index (χ0n) is 14.2. The maximum Gasteiger partial charge on any atom is 0.273 e. The van der Waals surface area contributed by atoms with E-state index in [9.17, 15) is 19.4 Å². The van der Waals surface area contributed by atoms with Crippen molar-refractivity contribution in [2.45, 2.75) is 32.4 Å². The Balaban J connectivity index is 2.13. The number of carbonyl (C=O) groups is 1. The van der Waals surface area contributed by atoms with Crippen LogP contribution < -0.4 is 0 Å². The number of aliphatic hydroxyl groups excluding tert-OH is 2. The van der Waals surface area contributed by atoms with E-state index in [-0.39, 0.29) is 24.9 Å². The van der Waals surface area contributed by atoms with Crippen LogP contribution in [0.4, 0.5) is 4.39 Å². The number of aromatic nitrogens is 2. The number of carbonyl (C=O) groups excluding carboxylic acids is 1. The molecule has 0 radical (unpaired) electrons. The number of hydrogen-bond acceptors (Lipinski definition) is 4. The first-order valence-electron chi connectivity index (χ1n) is 8.34. The number of benzene rings is 1. The van der Waals surface area contributed by atoms with Gasteiger partial charge in [-0.25, -0.2) is 4.39 Å². The summed E-state index contributed by atoms with van der Waals surface area (Å²) in [5, 5.41) is 26.3. The second kappa shape index (κ2) is 6.93. The molecule has 0 aliphatic carbocycles. The largest absolute Gasteiger partial charge is 0.394 e. The van der Waals surface area contributed by atoms with E-state index >= 15 is 0 Å². The Morgan fingerprint density at radius 3 is 2.44 bits per heavy atom. The zero-order valence-corrected chi connectivity index (χ0v) is 14.2. The van der Waals surface area contributed by atoms with E-state index in [1.165, 1.54) is 17.0 Å². The molecule has 1 atom stereocenters. The van der Waals surface area contributed by atoms with Gasteiger partial charge in [-0.15, -0.1) is 0 Å². The first-order chi connectivity index (χ1) is 12.0.